The maximum absolute atomic E-state index is 12.1. The van der Waals surface area contributed by atoms with Crippen LogP contribution in [0, 0.1) is 12.3 Å². The standard InChI is InChI=1S/C19H18N2O2/c1-2-15-12-18(16-10-6-7-11-17(16)20-15)21-19(22)23-13-14-8-4-3-5-9-14/h1,3-11,15,18,20H,12-13H2,(H,21,22)/t15-,18+/m0/s1. The second kappa shape index (κ2) is 6.89. The number of rotatable bonds is 3. The number of fused-ring (bicyclic) bond motifs is 1. The number of anilines is 1. The quantitative estimate of drug-likeness (QED) is 0.854. The van der Waals surface area contributed by atoms with Crippen molar-refractivity contribution in [3.63, 3.8) is 0 Å². The molecule has 0 saturated heterocycles. The van der Waals surface area contributed by atoms with Crippen LogP contribution in [0.5, 0.6) is 0 Å². The van der Waals surface area contributed by atoms with Gasteiger partial charge in [-0.25, -0.2) is 4.79 Å². The predicted molar refractivity (Wildman–Crippen MR) is 89.8 cm³/mol. The lowest BCUT2D eigenvalue weighted by molar-refractivity contribution is 0.135. The molecule has 1 heterocycles. The van der Waals surface area contributed by atoms with Crippen molar-refractivity contribution in [3.05, 3.63) is 65.7 Å². The van der Waals surface area contributed by atoms with E-state index in [9.17, 15) is 4.79 Å². The highest BCUT2D eigenvalue weighted by Gasteiger charge is 2.26. The molecule has 0 aliphatic carbocycles. The molecule has 2 aromatic carbocycles. The molecule has 3 rings (SSSR count). The normalized spacial score (nSPS) is 18.9. The molecule has 4 heteroatoms. The molecular formula is C19H18N2O2. The van der Waals surface area contributed by atoms with E-state index in [4.69, 9.17) is 11.2 Å². The maximum atomic E-state index is 12.1. The van der Waals surface area contributed by atoms with Gasteiger partial charge in [-0.3, -0.25) is 0 Å². The summed E-state index contributed by atoms with van der Waals surface area (Å²) in [6.45, 7) is 0.248. The molecule has 0 fully saturated rings. The molecule has 0 aromatic heterocycles. The van der Waals surface area contributed by atoms with E-state index in [0.717, 1.165) is 16.8 Å². The summed E-state index contributed by atoms with van der Waals surface area (Å²) in [5.74, 6) is 2.70. The summed E-state index contributed by atoms with van der Waals surface area (Å²) in [7, 11) is 0. The number of ether oxygens (including phenoxy) is 1. The van der Waals surface area contributed by atoms with Gasteiger partial charge in [0.1, 0.15) is 6.61 Å². The average molecular weight is 306 g/mol. The van der Waals surface area contributed by atoms with E-state index in [2.05, 4.69) is 16.6 Å². The summed E-state index contributed by atoms with van der Waals surface area (Å²) in [6.07, 6.45) is 5.73. The highest BCUT2D eigenvalue weighted by atomic mass is 16.5. The van der Waals surface area contributed by atoms with Crippen LogP contribution in [0.4, 0.5) is 10.5 Å². The summed E-state index contributed by atoms with van der Waals surface area (Å²) >= 11 is 0. The zero-order chi connectivity index (χ0) is 16.1. The van der Waals surface area contributed by atoms with Crippen molar-refractivity contribution in [1.29, 1.82) is 0 Å². The molecule has 4 nitrogen and oxygen atoms in total. The van der Waals surface area contributed by atoms with E-state index in [-0.39, 0.29) is 18.7 Å². The lowest BCUT2D eigenvalue weighted by Crippen LogP contribution is -2.37. The molecule has 23 heavy (non-hydrogen) atoms. The second-order valence-corrected chi connectivity index (χ2v) is 5.45. The summed E-state index contributed by atoms with van der Waals surface area (Å²) < 4.78 is 5.29. The van der Waals surface area contributed by atoms with Gasteiger partial charge in [-0.05, 0) is 17.2 Å². The van der Waals surface area contributed by atoms with E-state index < -0.39 is 6.09 Å². The van der Waals surface area contributed by atoms with Crippen molar-refractivity contribution >= 4 is 11.8 Å². The predicted octanol–water partition coefficient (Wildman–Crippen LogP) is 3.47. The molecule has 2 atom stereocenters. The number of terminal acetylenes is 1. The molecular weight excluding hydrogens is 288 g/mol. The van der Waals surface area contributed by atoms with Crippen LogP contribution in [0.25, 0.3) is 0 Å². The third-order valence-electron chi connectivity index (χ3n) is 3.84. The van der Waals surface area contributed by atoms with Crippen LogP contribution >= 0.6 is 0 Å². The number of carbonyl (C=O) groups is 1. The van der Waals surface area contributed by atoms with E-state index in [0.29, 0.717) is 6.42 Å². The van der Waals surface area contributed by atoms with Gasteiger partial charge in [0.05, 0.1) is 12.1 Å². The molecule has 0 unspecified atom stereocenters. The van der Waals surface area contributed by atoms with Crippen molar-refractivity contribution in [2.24, 2.45) is 0 Å². The van der Waals surface area contributed by atoms with Crippen LogP contribution in [-0.2, 0) is 11.3 Å². The smallest absolute Gasteiger partial charge is 0.407 e. The fraction of sp³-hybridized carbons (Fsp3) is 0.211. The average Bonchev–Trinajstić information content (AvgIpc) is 2.60. The van der Waals surface area contributed by atoms with Crippen LogP contribution < -0.4 is 10.6 Å². The first-order chi connectivity index (χ1) is 11.3. The fourth-order valence-electron chi connectivity index (χ4n) is 2.70. The van der Waals surface area contributed by atoms with Gasteiger partial charge in [-0.15, -0.1) is 6.42 Å². The Bertz CT molecular complexity index is 722. The molecule has 1 aliphatic heterocycles. The first-order valence-corrected chi connectivity index (χ1v) is 7.55. The Morgan fingerprint density at radius 2 is 1.96 bits per heavy atom. The third-order valence-corrected chi connectivity index (χ3v) is 3.84. The van der Waals surface area contributed by atoms with Gasteiger partial charge in [0.25, 0.3) is 0 Å². The fourth-order valence-corrected chi connectivity index (χ4v) is 2.70. The zero-order valence-corrected chi connectivity index (χ0v) is 12.7. The van der Waals surface area contributed by atoms with Crippen molar-refractivity contribution in [1.82, 2.24) is 5.32 Å². The Kier molecular flexibility index (Phi) is 4.49. The van der Waals surface area contributed by atoms with Gasteiger partial charge in [-0.1, -0.05) is 54.5 Å². The van der Waals surface area contributed by atoms with E-state index in [1.807, 2.05) is 54.6 Å². The summed E-state index contributed by atoms with van der Waals surface area (Å²) in [5, 5.41) is 6.19. The molecule has 0 spiro atoms. The maximum Gasteiger partial charge on any atom is 0.407 e. The Hall–Kier alpha value is -2.93. The Morgan fingerprint density at radius 3 is 2.74 bits per heavy atom. The first-order valence-electron chi connectivity index (χ1n) is 7.55. The van der Waals surface area contributed by atoms with E-state index in [1.54, 1.807) is 0 Å². The molecule has 0 bridgehead atoms. The zero-order valence-electron chi connectivity index (χ0n) is 12.7. The van der Waals surface area contributed by atoms with Crippen LogP contribution in [0.2, 0.25) is 0 Å². The van der Waals surface area contributed by atoms with Crippen LogP contribution in [-0.4, -0.2) is 12.1 Å². The van der Waals surface area contributed by atoms with Crippen molar-refractivity contribution in [2.75, 3.05) is 5.32 Å². The minimum atomic E-state index is -0.439. The lowest BCUT2D eigenvalue weighted by Gasteiger charge is -2.30. The second-order valence-electron chi connectivity index (χ2n) is 5.45. The number of nitrogens with one attached hydrogen (secondary N) is 2. The first kappa shape index (κ1) is 15.0. The number of hydrogen-bond donors (Lipinski definition) is 2. The monoisotopic (exact) mass is 306 g/mol. The topological polar surface area (TPSA) is 50.4 Å². The molecule has 116 valence electrons. The molecule has 0 radical (unpaired) electrons. The number of carbonyl (C=O) groups excluding carboxylic acids is 1. The summed E-state index contributed by atoms with van der Waals surface area (Å²) in [6, 6.07) is 17.2. The Morgan fingerprint density at radius 1 is 1.22 bits per heavy atom. The SMILES string of the molecule is C#C[C@H]1C[C@@H](NC(=O)OCc2ccccc2)c2ccccc2N1. The minimum Gasteiger partial charge on any atom is -0.445 e. The summed E-state index contributed by atoms with van der Waals surface area (Å²) in [4.78, 5) is 12.1. The van der Waals surface area contributed by atoms with Crippen LogP contribution in [0.3, 0.4) is 0 Å². The van der Waals surface area contributed by atoms with E-state index >= 15 is 0 Å². The van der Waals surface area contributed by atoms with Gasteiger partial charge >= 0.3 is 6.09 Å². The highest BCUT2D eigenvalue weighted by Crippen LogP contribution is 2.32. The van der Waals surface area contributed by atoms with Crippen molar-refractivity contribution in [2.45, 2.75) is 25.1 Å². The van der Waals surface area contributed by atoms with Gasteiger partial charge in [0.2, 0.25) is 0 Å². The Balaban J connectivity index is 1.65. The molecule has 1 amide bonds. The van der Waals surface area contributed by atoms with Crippen LogP contribution in [0.1, 0.15) is 23.6 Å². The molecule has 1 aliphatic rings. The van der Waals surface area contributed by atoms with Crippen molar-refractivity contribution < 1.29 is 9.53 Å². The summed E-state index contributed by atoms with van der Waals surface area (Å²) in [5.41, 5.74) is 2.93. The highest BCUT2D eigenvalue weighted by molar-refractivity contribution is 5.69. The van der Waals surface area contributed by atoms with E-state index in [1.165, 1.54) is 0 Å². The number of hydrogen-bond acceptors (Lipinski definition) is 3. The van der Waals surface area contributed by atoms with Crippen molar-refractivity contribution in [3.8, 4) is 12.3 Å². The molecule has 2 aromatic rings. The Labute approximate surface area is 135 Å². The number of benzene rings is 2. The number of para-hydroxylation sites is 1. The number of amides is 1. The molecule has 0 saturated carbocycles. The van der Waals surface area contributed by atoms with Crippen LogP contribution in [0.15, 0.2) is 54.6 Å². The minimum absolute atomic E-state index is 0.107. The van der Waals surface area contributed by atoms with Gasteiger partial charge in [-0.2, -0.15) is 0 Å². The van der Waals surface area contributed by atoms with Gasteiger partial charge < -0.3 is 15.4 Å². The largest absolute Gasteiger partial charge is 0.445 e. The third kappa shape index (κ3) is 3.64. The van der Waals surface area contributed by atoms with Gasteiger partial charge in [0.15, 0.2) is 0 Å². The molecule has 2 N–H and O–H groups in total. The number of alkyl carbamates (subject to hydrolysis) is 1. The lowest BCUT2D eigenvalue weighted by atomic mass is 9.93. The van der Waals surface area contributed by atoms with Gasteiger partial charge in [0, 0.05) is 12.1 Å².